The third-order valence-corrected chi connectivity index (χ3v) is 5.97. The van der Waals surface area contributed by atoms with E-state index < -0.39 is 0 Å². The number of Topliss-reactive ketones (excluding diaryl/α,β-unsaturated/α-hetero) is 2. The first-order valence-electron chi connectivity index (χ1n) is 9.16. The van der Waals surface area contributed by atoms with Crippen LogP contribution in [0.3, 0.4) is 0 Å². The standard InChI is InChI=1S/C19H26N2O3S/c1-13-2-8-18(25-13)17(23)7-5-16(22)6-9-19(24)20-14-10-11-21(12-14)15-3-4-15/h2,8,14-15H,3-7,9-12H2,1H3,(H,20,24). The smallest absolute Gasteiger partial charge is 0.220 e. The van der Waals surface area contributed by atoms with E-state index in [-0.39, 0.29) is 49.2 Å². The number of carbonyl (C=O) groups is 3. The first-order chi connectivity index (χ1) is 12.0. The zero-order valence-corrected chi connectivity index (χ0v) is 15.6. The molecule has 25 heavy (non-hydrogen) atoms. The lowest BCUT2D eigenvalue weighted by atomic mass is 10.1. The maximum atomic E-state index is 12.0. The molecule has 1 N–H and O–H groups in total. The summed E-state index contributed by atoms with van der Waals surface area (Å²) >= 11 is 1.46. The van der Waals surface area contributed by atoms with Crippen LogP contribution in [0.2, 0.25) is 0 Å². The van der Waals surface area contributed by atoms with Crippen LogP contribution in [0, 0.1) is 6.92 Å². The zero-order valence-electron chi connectivity index (χ0n) is 14.8. The molecule has 1 aromatic rings. The fourth-order valence-corrected chi connectivity index (χ4v) is 4.15. The van der Waals surface area contributed by atoms with Gasteiger partial charge in [-0.15, -0.1) is 11.3 Å². The number of carbonyl (C=O) groups excluding carboxylic acids is 3. The molecule has 0 spiro atoms. The molecule has 6 heteroatoms. The fourth-order valence-electron chi connectivity index (χ4n) is 3.31. The Morgan fingerprint density at radius 2 is 1.88 bits per heavy atom. The van der Waals surface area contributed by atoms with Crippen molar-refractivity contribution in [2.45, 2.75) is 64.0 Å². The molecule has 2 aliphatic rings. The Balaban J connectivity index is 1.30. The van der Waals surface area contributed by atoms with Gasteiger partial charge in [0.05, 0.1) is 4.88 Å². The third kappa shape index (κ3) is 5.47. The molecule has 1 amide bonds. The second kappa shape index (κ2) is 8.23. The van der Waals surface area contributed by atoms with Gasteiger partial charge in [0.1, 0.15) is 5.78 Å². The van der Waals surface area contributed by atoms with Crippen LogP contribution in [0.5, 0.6) is 0 Å². The number of amides is 1. The Hall–Kier alpha value is -1.53. The average Bonchev–Trinajstić information content (AvgIpc) is 3.18. The van der Waals surface area contributed by atoms with Crippen molar-refractivity contribution in [2.75, 3.05) is 13.1 Å². The van der Waals surface area contributed by atoms with Crippen LogP contribution in [-0.2, 0) is 9.59 Å². The lowest BCUT2D eigenvalue weighted by molar-refractivity contribution is -0.125. The molecular weight excluding hydrogens is 336 g/mol. The number of aryl methyl sites for hydroxylation is 1. The van der Waals surface area contributed by atoms with Crippen molar-refractivity contribution < 1.29 is 14.4 Å². The van der Waals surface area contributed by atoms with Gasteiger partial charge in [0.2, 0.25) is 5.91 Å². The summed E-state index contributed by atoms with van der Waals surface area (Å²) in [6.45, 7) is 3.97. The maximum Gasteiger partial charge on any atom is 0.220 e. The molecule has 2 fully saturated rings. The Kier molecular flexibility index (Phi) is 6.02. The topological polar surface area (TPSA) is 66.5 Å². The largest absolute Gasteiger partial charge is 0.352 e. The van der Waals surface area contributed by atoms with Gasteiger partial charge in [-0.1, -0.05) is 0 Å². The van der Waals surface area contributed by atoms with Gasteiger partial charge in [-0.05, 0) is 38.3 Å². The van der Waals surface area contributed by atoms with Gasteiger partial charge in [-0.2, -0.15) is 0 Å². The molecule has 1 unspecified atom stereocenters. The fraction of sp³-hybridized carbons (Fsp3) is 0.632. The summed E-state index contributed by atoms with van der Waals surface area (Å²) in [4.78, 5) is 40.2. The first kappa shape index (κ1) is 18.3. The van der Waals surface area contributed by atoms with Crippen LogP contribution < -0.4 is 5.32 Å². The maximum absolute atomic E-state index is 12.0. The molecule has 1 aliphatic carbocycles. The summed E-state index contributed by atoms with van der Waals surface area (Å²) in [7, 11) is 0. The van der Waals surface area contributed by atoms with E-state index >= 15 is 0 Å². The van der Waals surface area contributed by atoms with Gasteiger partial charge in [0, 0.05) is 55.7 Å². The van der Waals surface area contributed by atoms with Crippen molar-refractivity contribution in [3.8, 4) is 0 Å². The molecule has 1 aromatic heterocycles. The van der Waals surface area contributed by atoms with E-state index in [1.54, 1.807) is 0 Å². The number of nitrogens with one attached hydrogen (secondary N) is 1. The summed E-state index contributed by atoms with van der Waals surface area (Å²) in [5, 5.41) is 3.04. The minimum atomic E-state index is -0.0452. The van der Waals surface area contributed by atoms with E-state index in [4.69, 9.17) is 0 Å². The molecular formula is C19H26N2O3S. The van der Waals surface area contributed by atoms with Crippen LogP contribution in [0.25, 0.3) is 0 Å². The molecule has 1 saturated heterocycles. The molecule has 3 rings (SSSR count). The highest BCUT2D eigenvalue weighted by molar-refractivity contribution is 7.14. The number of hydrogen-bond donors (Lipinski definition) is 1. The third-order valence-electron chi connectivity index (χ3n) is 4.93. The number of ketones is 2. The normalized spacial score (nSPS) is 20.6. The molecule has 1 saturated carbocycles. The van der Waals surface area contributed by atoms with Crippen molar-refractivity contribution >= 4 is 28.8 Å². The summed E-state index contributed by atoms with van der Waals surface area (Å²) < 4.78 is 0. The van der Waals surface area contributed by atoms with Crippen LogP contribution in [0.4, 0.5) is 0 Å². The minimum Gasteiger partial charge on any atom is -0.352 e. The number of hydrogen-bond acceptors (Lipinski definition) is 5. The predicted octanol–water partition coefficient (Wildman–Crippen LogP) is 2.72. The van der Waals surface area contributed by atoms with Crippen molar-refractivity contribution in [3.63, 3.8) is 0 Å². The highest BCUT2D eigenvalue weighted by atomic mass is 32.1. The average molecular weight is 362 g/mol. The van der Waals surface area contributed by atoms with Gasteiger partial charge in [-0.25, -0.2) is 0 Å². The van der Waals surface area contributed by atoms with Crippen molar-refractivity contribution in [1.82, 2.24) is 10.2 Å². The SMILES string of the molecule is Cc1ccc(C(=O)CCC(=O)CCC(=O)NC2CCN(C3CC3)C2)s1. The second-order valence-corrected chi connectivity index (χ2v) is 8.44. The van der Waals surface area contributed by atoms with Gasteiger partial charge >= 0.3 is 0 Å². The summed E-state index contributed by atoms with van der Waals surface area (Å²) in [6, 6.07) is 4.70. The van der Waals surface area contributed by atoms with Gasteiger partial charge < -0.3 is 5.32 Å². The Morgan fingerprint density at radius 1 is 1.12 bits per heavy atom. The van der Waals surface area contributed by atoms with Crippen molar-refractivity contribution in [2.24, 2.45) is 0 Å². The molecule has 0 bridgehead atoms. The highest BCUT2D eigenvalue weighted by Gasteiger charge is 2.34. The summed E-state index contributed by atoms with van der Waals surface area (Å²) in [5.41, 5.74) is 0. The quantitative estimate of drug-likeness (QED) is 0.686. The predicted molar refractivity (Wildman–Crippen MR) is 98.0 cm³/mol. The number of nitrogens with zero attached hydrogens (tertiary/aromatic N) is 1. The highest BCUT2D eigenvalue weighted by Crippen LogP contribution is 2.29. The van der Waals surface area contributed by atoms with E-state index in [9.17, 15) is 14.4 Å². The number of rotatable bonds is 9. The minimum absolute atomic E-state index is 0.0113. The van der Waals surface area contributed by atoms with Crippen LogP contribution in [0.1, 0.15) is 59.5 Å². The van der Waals surface area contributed by atoms with E-state index in [1.807, 2.05) is 19.1 Å². The Labute approximate surface area is 152 Å². The number of likely N-dealkylation sites (tertiary alicyclic amines) is 1. The van der Waals surface area contributed by atoms with E-state index in [0.29, 0.717) is 4.88 Å². The lowest BCUT2D eigenvalue weighted by Gasteiger charge is -2.15. The molecule has 2 heterocycles. The zero-order chi connectivity index (χ0) is 17.8. The monoisotopic (exact) mass is 362 g/mol. The number of thiophene rings is 1. The molecule has 136 valence electrons. The molecule has 1 atom stereocenters. The summed E-state index contributed by atoms with van der Waals surface area (Å²) in [6.07, 6.45) is 4.50. The molecule has 5 nitrogen and oxygen atoms in total. The van der Waals surface area contributed by atoms with Crippen LogP contribution in [0.15, 0.2) is 12.1 Å². The molecule has 0 radical (unpaired) electrons. The summed E-state index contributed by atoms with van der Waals surface area (Å²) in [5.74, 6) is -0.0407. The second-order valence-electron chi connectivity index (χ2n) is 7.15. The van der Waals surface area contributed by atoms with Gasteiger partial charge in [0.25, 0.3) is 0 Å². The van der Waals surface area contributed by atoms with Gasteiger partial charge in [0.15, 0.2) is 5.78 Å². The van der Waals surface area contributed by atoms with E-state index in [1.165, 1.54) is 24.2 Å². The molecule has 1 aliphatic heterocycles. The van der Waals surface area contributed by atoms with E-state index in [0.717, 1.165) is 30.4 Å². The van der Waals surface area contributed by atoms with Crippen LogP contribution in [-0.4, -0.2) is 47.5 Å². The lowest BCUT2D eigenvalue weighted by Crippen LogP contribution is -2.37. The first-order valence-corrected chi connectivity index (χ1v) is 9.97. The Bertz CT molecular complexity index is 651. The van der Waals surface area contributed by atoms with Crippen molar-refractivity contribution in [1.29, 1.82) is 0 Å². The van der Waals surface area contributed by atoms with Crippen LogP contribution >= 0.6 is 11.3 Å². The van der Waals surface area contributed by atoms with Crippen molar-refractivity contribution in [3.05, 3.63) is 21.9 Å². The van der Waals surface area contributed by atoms with Gasteiger partial charge in [-0.3, -0.25) is 19.3 Å². The van der Waals surface area contributed by atoms with E-state index in [2.05, 4.69) is 10.2 Å². The Morgan fingerprint density at radius 3 is 2.56 bits per heavy atom. The molecule has 0 aromatic carbocycles.